The SMILES string of the molecule is CCCCC(CC)CCCC(C)O. The minimum atomic E-state index is -0.108. The first kappa shape index (κ1) is 13.0. The first-order valence-electron chi connectivity index (χ1n) is 5.88. The van der Waals surface area contributed by atoms with Gasteiger partial charge in [0.15, 0.2) is 0 Å². The van der Waals surface area contributed by atoms with Crippen molar-refractivity contribution in [3.8, 4) is 0 Å². The molecule has 0 rings (SSSR count). The standard InChI is InChI=1S/C12H26O/c1-4-6-9-12(5-2)10-7-8-11(3)13/h11-13H,4-10H2,1-3H3. The minimum Gasteiger partial charge on any atom is -0.393 e. The van der Waals surface area contributed by atoms with Crippen molar-refractivity contribution in [2.75, 3.05) is 0 Å². The van der Waals surface area contributed by atoms with Gasteiger partial charge >= 0.3 is 0 Å². The van der Waals surface area contributed by atoms with Gasteiger partial charge in [0, 0.05) is 0 Å². The number of unbranched alkanes of at least 4 members (excludes halogenated alkanes) is 1. The van der Waals surface area contributed by atoms with Gasteiger partial charge in [-0.05, 0) is 19.3 Å². The van der Waals surface area contributed by atoms with E-state index in [1.54, 1.807) is 0 Å². The third-order valence-corrected chi connectivity index (χ3v) is 2.78. The maximum atomic E-state index is 9.11. The highest BCUT2D eigenvalue weighted by Gasteiger charge is 2.05. The third kappa shape index (κ3) is 8.29. The summed E-state index contributed by atoms with van der Waals surface area (Å²) in [5.41, 5.74) is 0. The van der Waals surface area contributed by atoms with Crippen LogP contribution in [-0.2, 0) is 0 Å². The summed E-state index contributed by atoms with van der Waals surface area (Å²) in [6.45, 7) is 6.41. The zero-order valence-corrected chi connectivity index (χ0v) is 9.55. The lowest BCUT2D eigenvalue weighted by atomic mass is 9.93. The van der Waals surface area contributed by atoms with Gasteiger partial charge in [-0.3, -0.25) is 0 Å². The van der Waals surface area contributed by atoms with Gasteiger partial charge in [-0.25, -0.2) is 0 Å². The van der Waals surface area contributed by atoms with Crippen molar-refractivity contribution >= 4 is 0 Å². The largest absolute Gasteiger partial charge is 0.393 e. The molecule has 2 unspecified atom stereocenters. The molecule has 0 fully saturated rings. The summed E-state index contributed by atoms with van der Waals surface area (Å²) in [5.74, 6) is 0.902. The highest BCUT2D eigenvalue weighted by atomic mass is 16.3. The van der Waals surface area contributed by atoms with Gasteiger partial charge < -0.3 is 5.11 Å². The van der Waals surface area contributed by atoms with Crippen LogP contribution in [-0.4, -0.2) is 11.2 Å². The Hall–Kier alpha value is -0.0400. The average molecular weight is 186 g/mol. The Morgan fingerprint density at radius 1 is 1.00 bits per heavy atom. The number of aliphatic hydroxyl groups excluding tert-OH is 1. The molecule has 13 heavy (non-hydrogen) atoms. The Balaban J connectivity index is 3.36. The number of rotatable bonds is 8. The van der Waals surface area contributed by atoms with Crippen LogP contribution < -0.4 is 0 Å². The van der Waals surface area contributed by atoms with Crippen molar-refractivity contribution in [2.45, 2.75) is 71.8 Å². The van der Waals surface area contributed by atoms with Crippen molar-refractivity contribution in [3.63, 3.8) is 0 Å². The fourth-order valence-electron chi connectivity index (χ4n) is 1.75. The van der Waals surface area contributed by atoms with Crippen molar-refractivity contribution < 1.29 is 5.11 Å². The molecule has 2 atom stereocenters. The maximum Gasteiger partial charge on any atom is 0.0512 e. The normalized spacial score (nSPS) is 15.7. The maximum absolute atomic E-state index is 9.11. The Morgan fingerprint density at radius 2 is 1.62 bits per heavy atom. The predicted molar refractivity (Wildman–Crippen MR) is 58.8 cm³/mol. The second kappa shape index (κ2) is 8.55. The van der Waals surface area contributed by atoms with Crippen molar-refractivity contribution in [3.05, 3.63) is 0 Å². The van der Waals surface area contributed by atoms with Crippen LogP contribution in [0.1, 0.15) is 65.7 Å². The zero-order valence-electron chi connectivity index (χ0n) is 9.55. The zero-order chi connectivity index (χ0) is 10.1. The van der Waals surface area contributed by atoms with Gasteiger partial charge in [0.25, 0.3) is 0 Å². The lowest BCUT2D eigenvalue weighted by Crippen LogP contribution is -2.03. The molecule has 0 radical (unpaired) electrons. The van der Waals surface area contributed by atoms with Crippen LogP contribution in [0.5, 0.6) is 0 Å². The van der Waals surface area contributed by atoms with Crippen LogP contribution in [0.2, 0.25) is 0 Å². The van der Waals surface area contributed by atoms with E-state index >= 15 is 0 Å². The van der Waals surface area contributed by atoms with Crippen molar-refractivity contribution in [2.24, 2.45) is 5.92 Å². The quantitative estimate of drug-likeness (QED) is 0.612. The van der Waals surface area contributed by atoms with E-state index in [1.165, 1.54) is 38.5 Å². The van der Waals surface area contributed by atoms with Crippen LogP contribution >= 0.6 is 0 Å². The smallest absolute Gasteiger partial charge is 0.0512 e. The van der Waals surface area contributed by atoms with Gasteiger partial charge in [-0.2, -0.15) is 0 Å². The molecule has 0 aliphatic carbocycles. The molecule has 0 amide bonds. The van der Waals surface area contributed by atoms with Crippen LogP contribution in [0.4, 0.5) is 0 Å². The van der Waals surface area contributed by atoms with Gasteiger partial charge in [0.05, 0.1) is 6.10 Å². The molecule has 1 heteroatoms. The monoisotopic (exact) mass is 186 g/mol. The highest BCUT2D eigenvalue weighted by molar-refractivity contribution is 4.59. The third-order valence-electron chi connectivity index (χ3n) is 2.78. The minimum absolute atomic E-state index is 0.108. The van der Waals surface area contributed by atoms with E-state index in [2.05, 4.69) is 13.8 Å². The van der Waals surface area contributed by atoms with Crippen LogP contribution in [0.25, 0.3) is 0 Å². The molecule has 0 aromatic rings. The number of hydrogen-bond donors (Lipinski definition) is 1. The molecule has 0 saturated carbocycles. The molecule has 0 aromatic heterocycles. The molecule has 0 spiro atoms. The summed E-state index contributed by atoms with van der Waals surface area (Å²) in [6.07, 6.45) is 8.74. The second-order valence-corrected chi connectivity index (χ2v) is 4.20. The molecule has 1 nitrogen and oxygen atoms in total. The fraction of sp³-hybridized carbons (Fsp3) is 1.00. The lowest BCUT2D eigenvalue weighted by Gasteiger charge is -2.14. The molecule has 0 aliphatic heterocycles. The summed E-state index contributed by atoms with van der Waals surface area (Å²) in [6, 6.07) is 0. The van der Waals surface area contributed by atoms with Crippen LogP contribution in [0.3, 0.4) is 0 Å². The fourth-order valence-corrected chi connectivity index (χ4v) is 1.75. The van der Waals surface area contributed by atoms with Crippen LogP contribution in [0.15, 0.2) is 0 Å². The number of aliphatic hydroxyl groups is 1. The Labute approximate surface area is 83.5 Å². The summed E-state index contributed by atoms with van der Waals surface area (Å²) >= 11 is 0. The molecule has 0 aromatic carbocycles. The summed E-state index contributed by atoms with van der Waals surface area (Å²) in [5, 5.41) is 9.11. The van der Waals surface area contributed by atoms with E-state index in [0.717, 1.165) is 12.3 Å². The molecule has 0 saturated heterocycles. The van der Waals surface area contributed by atoms with E-state index < -0.39 is 0 Å². The van der Waals surface area contributed by atoms with Gasteiger partial charge in [0.1, 0.15) is 0 Å². The molecular formula is C12H26O. The summed E-state index contributed by atoms with van der Waals surface area (Å²) in [7, 11) is 0. The van der Waals surface area contributed by atoms with Gasteiger partial charge in [0.2, 0.25) is 0 Å². The van der Waals surface area contributed by atoms with Gasteiger partial charge in [-0.1, -0.05) is 52.4 Å². The van der Waals surface area contributed by atoms with E-state index in [-0.39, 0.29) is 6.10 Å². The van der Waals surface area contributed by atoms with Gasteiger partial charge in [-0.15, -0.1) is 0 Å². The number of hydrogen-bond acceptors (Lipinski definition) is 1. The first-order valence-corrected chi connectivity index (χ1v) is 5.88. The molecule has 0 bridgehead atoms. The predicted octanol–water partition coefficient (Wildman–Crippen LogP) is 3.75. The average Bonchev–Trinajstić information content (AvgIpc) is 2.10. The van der Waals surface area contributed by atoms with Crippen molar-refractivity contribution in [1.82, 2.24) is 0 Å². The Kier molecular flexibility index (Phi) is 8.53. The van der Waals surface area contributed by atoms with Crippen molar-refractivity contribution in [1.29, 1.82) is 0 Å². The molecule has 80 valence electrons. The second-order valence-electron chi connectivity index (χ2n) is 4.20. The molecule has 1 N–H and O–H groups in total. The topological polar surface area (TPSA) is 20.2 Å². The molecule has 0 aliphatic rings. The molecular weight excluding hydrogens is 160 g/mol. The summed E-state index contributed by atoms with van der Waals surface area (Å²) in [4.78, 5) is 0. The Morgan fingerprint density at radius 3 is 2.08 bits per heavy atom. The summed E-state index contributed by atoms with van der Waals surface area (Å²) < 4.78 is 0. The highest BCUT2D eigenvalue weighted by Crippen LogP contribution is 2.19. The first-order chi connectivity index (χ1) is 6.20. The van der Waals surface area contributed by atoms with E-state index in [0.29, 0.717) is 0 Å². The van der Waals surface area contributed by atoms with Crippen LogP contribution in [0, 0.1) is 5.92 Å². The van der Waals surface area contributed by atoms with E-state index in [1.807, 2.05) is 6.92 Å². The molecule has 0 heterocycles. The lowest BCUT2D eigenvalue weighted by molar-refractivity contribution is 0.177. The van der Waals surface area contributed by atoms with E-state index in [9.17, 15) is 0 Å². The Bertz CT molecular complexity index is 99.3. The van der Waals surface area contributed by atoms with E-state index in [4.69, 9.17) is 5.11 Å².